The summed E-state index contributed by atoms with van der Waals surface area (Å²) in [7, 11) is -3.70. The number of sulfonamides is 1. The van der Waals surface area contributed by atoms with Crippen molar-refractivity contribution < 1.29 is 13.5 Å². The van der Waals surface area contributed by atoms with Gasteiger partial charge in [0.15, 0.2) is 0 Å². The lowest BCUT2D eigenvalue weighted by Crippen LogP contribution is -2.45. The second-order valence-electron chi connectivity index (χ2n) is 6.29. The number of nitrogens with one attached hydrogen (secondary N) is 1. The maximum atomic E-state index is 12.3. The summed E-state index contributed by atoms with van der Waals surface area (Å²) in [6.45, 7) is 3.97. The van der Waals surface area contributed by atoms with Crippen LogP contribution in [0.15, 0.2) is 23.1 Å². The fourth-order valence-corrected chi connectivity index (χ4v) is 4.24. The van der Waals surface area contributed by atoms with E-state index in [0.29, 0.717) is 18.8 Å². The number of aliphatic hydroxyl groups is 1. The highest BCUT2D eigenvalue weighted by Gasteiger charge is 2.34. The molecule has 2 unspecified atom stereocenters. The molecule has 1 saturated carbocycles. The third kappa shape index (κ3) is 3.96. The van der Waals surface area contributed by atoms with Gasteiger partial charge in [0.2, 0.25) is 10.0 Å². The van der Waals surface area contributed by atoms with Crippen molar-refractivity contribution in [2.45, 2.75) is 50.0 Å². The Labute approximate surface area is 126 Å². The first-order chi connectivity index (χ1) is 9.72. The highest BCUT2D eigenvalue weighted by Crippen LogP contribution is 2.32. The van der Waals surface area contributed by atoms with E-state index in [0.717, 1.165) is 18.4 Å². The van der Waals surface area contributed by atoms with Gasteiger partial charge in [-0.15, -0.1) is 0 Å². The van der Waals surface area contributed by atoms with Crippen molar-refractivity contribution in [3.8, 4) is 0 Å². The Kier molecular flexibility index (Phi) is 4.60. The first kappa shape index (κ1) is 16.3. The van der Waals surface area contributed by atoms with Gasteiger partial charge in [-0.2, -0.15) is 0 Å². The highest BCUT2D eigenvalue weighted by atomic mass is 32.2. The third-order valence-corrected chi connectivity index (χ3v) is 5.59. The van der Waals surface area contributed by atoms with E-state index in [9.17, 15) is 13.5 Å². The molecule has 1 aromatic rings. The van der Waals surface area contributed by atoms with Gasteiger partial charge in [-0.1, -0.05) is 25.8 Å². The van der Waals surface area contributed by atoms with Gasteiger partial charge in [-0.3, -0.25) is 0 Å². The topological polar surface area (TPSA) is 92.4 Å². The Bertz CT molecular complexity index is 615. The Morgan fingerprint density at radius 1 is 1.48 bits per heavy atom. The summed E-state index contributed by atoms with van der Waals surface area (Å²) in [5.74, 6) is 0.415. The average molecular weight is 312 g/mol. The predicted octanol–water partition coefficient (Wildman–Crippen LogP) is 1.80. The summed E-state index contributed by atoms with van der Waals surface area (Å²) in [5.41, 5.74) is 5.97. The lowest BCUT2D eigenvalue weighted by molar-refractivity contribution is -0.00751. The van der Waals surface area contributed by atoms with Crippen molar-refractivity contribution in [2.24, 2.45) is 5.92 Å². The van der Waals surface area contributed by atoms with Crippen LogP contribution < -0.4 is 10.5 Å². The number of benzene rings is 1. The number of aryl methyl sites for hydroxylation is 1. The van der Waals surface area contributed by atoms with Gasteiger partial charge in [0.25, 0.3) is 0 Å². The lowest BCUT2D eigenvalue weighted by atomic mass is 9.79. The number of hydrogen-bond acceptors (Lipinski definition) is 4. The third-order valence-electron chi connectivity index (χ3n) is 4.11. The van der Waals surface area contributed by atoms with Gasteiger partial charge in [-0.25, -0.2) is 13.1 Å². The summed E-state index contributed by atoms with van der Waals surface area (Å²) in [6, 6.07) is 4.84. The van der Waals surface area contributed by atoms with E-state index in [1.165, 1.54) is 6.07 Å². The molecule has 0 saturated heterocycles. The molecule has 0 aliphatic heterocycles. The minimum Gasteiger partial charge on any atom is -0.398 e. The van der Waals surface area contributed by atoms with E-state index in [1.807, 2.05) is 6.92 Å². The smallest absolute Gasteiger partial charge is 0.242 e. The molecule has 0 bridgehead atoms. The second-order valence-corrected chi connectivity index (χ2v) is 8.03. The van der Waals surface area contributed by atoms with Gasteiger partial charge < -0.3 is 10.8 Å². The molecule has 2 rings (SSSR count). The molecule has 6 heteroatoms. The number of nitrogens with two attached hydrogens (primary N) is 1. The van der Waals surface area contributed by atoms with Gasteiger partial charge in [0.1, 0.15) is 4.90 Å². The van der Waals surface area contributed by atoms with Crippen molar-refractivity contribution in [3.05, 3.63) is 23.8 Å². The van der Waals surface area contributed by atoms with Crippen molar-refractivity contribution in [1.29, 1.82) is 0 Å². The molecule has 2 atom stereocenters. The molecular weight excluding hydrogens is 288 g/mol. The van der Waals surface area contributed by atoms with Crippen LogP contribution in [0.2, 0.25) is 0 Å². The minimum atomic E-state index is -3.70. The molecule has 0 aromatic heterocycles. The van der Waals surface area contributed by atoms with Crippen molar-refractivity contribution >= 4 is 15.7 Å². The number of hydrogen-bond donors (Lipinski definition) is 3. The summed E-state index contributed by atoms with van der Waals surface area (Å²) in [4.78, 5) is 0.0700. The van der Waals surface area contributed by atoms with Crippen molar-refractivity contribution in [1.82, 2.24) is 4.72 Å². The number of anilines is 1. The van der Waals surface area contributed by atoms with Crippen LogP contribution in [0.25, 0.3) is 0 Å². The van der Waals surface area contributed by atoms with Crippen molar-refractivity contribution in [2.75, 3.05) is 12.3 Å². The first-order valence-corrected chi connectivity index (χ1v) is 8.78. The SMILES string of the molecule is Cc1ccc(S(=O)(=O)NCC2(O)CCCC(C)C2)c(N)c1. The minimum absolute atomic E-state index is 0.0347. The highest BCUT2D eigenvalue weighted by molar-refractivity contribution is 7.89. The molecule has 5 nitrogen and oxygen atoms in total. The van der Waals surface area contributed by atoms with Gasteiger partial charge in [0.05, 0.1) is 11.3 Å². The molecule has 21 heavy (non-hydrogen) atoms. The average Bonchev–Trinajstić information content (AvgIpc) is 2.36. The number of nitrogen functional groups attached to an aromatic ring is 1. The zero-order valence-electron chi connectivity index (χ0n) is 12.6. The van der Waals surface area contributed by atoms with Crippen LogP contribution in [-0.2, 0) is 10.0 Å². The molecule has 1 aliphatic rings. The molecule has 0 radical (unpaired) electrons. The first-order valence-electron chi connectivity index (χ1n) is 7.30. The molecule has 0 spiro atoms. The van der Waals surface area contributed by atoms with Crippen LogP contribution in [0.1, 0.15) is 38.2 Å². The Balaban J connectivity index is 2.11. The van der Waals surface area contributed by atoms with E-state index in [4.69, 9.17) is 5.73 Å². The standard InChI is InChI=1S/C15H24N2O3S/c1-11-5-6-14(13(16)8-11)21(19,20)17-10-15(18)7-3-4-12(2)9-15/h5-6,8,12,17-18H,3-4,7,9-10,16H2,1-2H3. The van der Waals surface area contributed by atoms with E-state index in [2.05, 4.69) is 11.6 Å². The predicted molar refractivity (Wildman–Crippen MR) is 83.4 cm³/mol. The van der Waals surface area contributed by atoms with E-state index in [1.54, 1.807) is 12.1 Å². The van der Waals surface area contributed by atoms with Crippen molar-refractivity contribution in [3.63, 3.8) is 0 Å². The molecule has 0 amide bonds. The quantitative estimate of drug-likeness (QED) is 0.739. The second kappa shape index (κ2) is 5.94. The number of rotatable bonds is 4. The zero-order chi connectivity index (χ0) is 15.7. The van der Waals surface area contributed by atoms with Crippen LogP contribution in [-0.4, -0.2) is 25.7 Å². The van der Waals surface area contributed by atoms with Crippen LogP contribution in [0.5, 0.6) is 0 Å². The molecule has 4 N–H and O–H groups in total. The summed E-state index contributed by atoms with van der Waals surface area (Å²) < 4.78 is 27.2. The molecule has 1 aromatic carbocycles. The van der Waals surface area contributed by atoms with Gasteiger partial charge in [-0.05, 0) is 43.4 Å². The normalized spacial score (nSPS) is 26.7. The molecule has 118 valence electrons. The maximum Gasteiger partial charge on any atom is 0.242 e. The Morgan fingerprint density at radius 2 is 2.19 bits per heavy atom. The largest absolute Gasteiger partial charge is 0.398 e. The van der Waals surface area contributed by atoms with Crippen LogP contribution in [0, 0.1) is 12.8 Å². The van der Waals surface area contributed by atoms with E-state index in [-0.39, 0.29) is 17.1 Å². The maximum absolute atomic E-state index is 12.3. The monoisotopic (exact) mass is 312 g/mol. The molecule has 0 heterocycles. The van der Waals surface area contributed by atoms with E-state index < -0.39 is 15.6 Å². The lowest BCUT2D eigenvalue weighted by Gasteiger charge is -2.35. The van der Waals surface area contributed by atoms with Crippen LogP contribution >= 0.6 is 0 Å². The molecule has 1 aliphatic carbocycles. The van der Waals surface area contributed by atoms with Gasteiger partial charge >= 0.3 is 0 Å². The zero-order valence-corrected chi connectivity index (χ0v) is 13.4. The van der Waals surface area contributed by atoms with E-state index >= 15 is 0 Å². The fraction of sp³-hybridized carbons (Fsp3) is 0.600. The Hall–Kier alpha value is -1.11. The summed E-state index contributed by atoms with van der Waals surface area (Å²) in [5, 5.41) is 10.5. The summed E-state index contributed by atoms with van der Waals surface area (Å²) >= 11 is 0. The summed E-state index contributed by atoms with van der Waals surface area (Å²) in [6.07, 6.45) is 3.26. The Morgan fingerprint density at radius 3 is 2.81 bits per heavy atom. The van der Waals surface area contributed by atoms with Gasteiger partial charge in [0, 0.05) is 6.54 Å². The molecule has 1 fully saturated rings. The van der Waals surface area contributed by atoms with Crippen LogP contribution in [0.4, 0.5) is 5.69 Å². The van der Waals surface area contributed by atoms with Crippen LogP contribution in [0.3, 0.4) is 0 Å². The fourth-order valence-electron chi connectivity index (χ4n) is 3.01. The molecular formula is C15H24N2O3S.